The third-order valence-electron chi connectivity index (χ3n) is 6.11. The molecule has 1 atom stereocenters. The molecule has 39 heavy (non-hydrogen) atoms. The predicted molar refractivity (Wildman–Crippen MR) is 149 cm³/mol. The molecule has 0 bridgehead atoms. The number of carbonyl (C=O) groups excluding carboxylic acids is 1. The summed E-state index contributed by atoms with van der Waals surface area (Å²) in [5.74, 6) is 1.74. The number of methoxy groups -OCH3 is 3. The molecule has 0 N–H and O–H groups in total. The lowest BCUT2D eigenvalue weighted by molar-refractivity contribution is -0.139. The summed E-state index contributed by atoms with van der Waals surface area (Å²) in [5, 5.41) is 0. The summed E-state index contributed by atoms with van der Waals surface area (Å²) in [6, 6.07) is 9.96. The van der Waals surface area contributed by atoms with Crippen LogP contribution in [0.2, 0.25) is 0 Å². The van der Waals surface area contributed by atoms with E-state index < -0.39 is 12.0 Å². The van der Waals surface area contributed by atoms with Crippen molar-refractivity contribution < 1.29 is 28.5 Å². The number of thiazole rings is 1. The van der Waals surface area contributed by atoms with E-state index in [9.17, 15) is 9.59 Å². The van der Waals surface area contributed by atoms with E-state index in [1.165, 1.54) is 15.9 Å². The van der Waals surface area contributed by atoms with Crippen molar-refractivity contribution in [3.8, 4) is 23.0 Å². The number of carbonyl (C=O) groups is 1. The number of hydrogen-bond acceptors (Lipinski definition) is 9. The Morgan fingerprint density at radius 1 is 1.05 bits per heavy atom. The summed E-state index contributed by atoms with van der Waals surface area (Å²) >= 11 is 1.23. The van der Waals surface area contributed by atoms with Gasteiger partial charge in [-0.05, 0) is 69.7 Å². The summed E-state index contributed by atoms with van der Waals surface area (Å²) in [6.07, 6.45) is 1.68. The molecule has 2 aromatic carbocycles. The second-order valence-corrected chi connectivity index (χ2v) is 10.00. The highest BCUT2D eigenvalue weighted by Crippen LogP contribution is 2.36. The molecule has 0 spiro atoms. The maximum Gasteiger partial charge on any atom is 0.338 e. The molecule has 0 unspecified atom stereocenters. The van der Waals surface area contributed by atoms with Crippen LogP contribution in [0.4, 0.5) is 0 Å². The lowest BCUT2D eigenvalue weighted by atomic mass is 9.95. The molecule has 0 saturated carbocycles. The van der Waals surface area contributed by atoms with Gasteiger partial charge < -0.3 is 23.7 Å². The number of rotatable bonds is 9. The number of allylic oxidation sites excluding steroid dienone is 1. The van der Waals surface area contributed by atoms with Crippen molar-refractivity contribution >= 4 is 23.4 Å². The van der Waals surface area contributed by atoms with E-state index in [0.29, 0.717) is 49.2 Å². The van der Waals surface area contributed by atoms with Gasteiger partial charge >= 0.3 is 5.97 Å². The highest BCUT2D eigenvalue weighted by Gasteiger charge is 2.34. The van der Waals surface area contributed by atoms with Crippen LogP contribution < -0.4 is 33.8 Å². The smallest absolute Gasteiger partial charge is 0.338 e. The van der Waals surface area contributed by atoms with E-state index >= 15 is 0 Å². The molecular weight excluding hydrogens is 520 g/mol. The Hall–Kier alpha value is -4.05. The maximum atomic E-state index is 13.9. The van der Waals surface area contributed by atoms with E-state index in [2.05, 4.69) is 4.99 Å². The summed E-state index contributed by atoms with van der Waals surface area (Å²) < 4.78 is 29.7. The zero-order valence-electron chi connectivity index (χ0n) is 23.1. The Balaban J connectivity index is 1.96. The summed E-state index contributed by atoms with van der Waals surface area (Å²) in [5.41, 5.74) is 1.80. The summed E-state index contributed by atoms with van der Waals surface area (Å²) in [7, 11) is 4.69. The van der Waals surface area contributed by atoms with Gasteiger partial charge in [-0.1, -0.05) is 17.4 Å². The average Bonchev–Trinajstić information content (AvgIpc) is 3.21. The molecule has 0 radical (unpaired) electrons. The Morgan fingerprint density at radius 3 is 2.41 bits per heavy atom. The number of ether oxygens (including phenoxy) is 5. The van der Waals surface area contributed by atoms with Gasteiger partial charge in [-0.2, -0.15) is 0 Å². The topological polar surface area (TPSA) is 97.6 Å². The van der Waals surface area contributed by atoms with Crippen LogP contribution >= 0.6 is 11.3 Å². The van der Waals surface area contributed by atoms with Gasteiger partial charge in [0.05, 0.1) is 55.9 Å². The van der Waals surface area contributed by atoms with Crippen molar-refractivity contribution in [2.45, 2.75) is 39.8 Å². The molecule has 0 fully saturated rings. The lowest BCUT2D eigenvalue weighted by Gasteiger charge is -2.25. The first-order valence-electron chi connectivity index (χ1n) is 12.5. The van der Waals surface area contributed by atoms with Crippen LogP contribution in [0.25, 0.3) is 6.08 Å². The first-order chi connectivity index (χ1) is 18.7. The van der Waals surface area contributed by atoms with Crippen molar-refractivity contribution in [3.63, 3.8) is 0 Å². The summed E-state index contributed by atoms with van der Waals surface area (Å²) in [6.45, 7) is 7.52. The van der Waals surface area contributed by atoms with Gasteiger partial charge in [0.2, 0.25) is 0 Å². The first kappa shape index (κ1) is 28.0. The number of benzene rings is 2. The SMILES string of the molecule is CCOC(=O)C1=C(C)N=c2s/c(=C/c3cc(OC)ccc3OC)c(=O)n2[C@H]1c1ccc(OC(C)C)c(OC)c1. The number of aromatic nitrogens is 1. The van der Waals surface area contributed by atoms with Gasteiger partial charge in [-0.15, -0.1) is 0 Å². The quantitative estimate of drug-likeness (QED) is 0.374. The van der Waals surface area contributed by atoms with Gasteiger partial charge in [0.25, 0.3) is 5.56 Å². The third-order valence-corrected chi connectivity index (χ3v) is 7.09. The zero-order valence-corrected chi connectivity index (χ0v) is 23.9. The van der Waals surface area contributed by atoms with Crippen molar-refractivity contribution in [2.24, 2.45) is 4.99 Å². The molecule has 2 heterocycles. The Labute approximate surface area is 230 Å². The second kappa shape index (κ2) is 11.8. The van der Waals surface area contributed by atoms with Gasteiger partial charge in [0.1, 0.15) is 11.5 Å². The first-order valence-corrected chi connectivity index (χ1v) is 13.3. The fraction of sp³-hybridized carbons (Fsp3) is 0.345. The average molecular weight is 553 g/mol. The van der Waals surface area contributed by atoms with Crippen LogP contribution in [-0.4, -0.2) is 44.6 Å². The molecule has 3 aromatic rings. The van der Waals surface area contributed by atoms with Crippen molar-refractivity contribution in [1.29, 1.82) is 0 Å². The minimum Gasteiger partial charge on any atom is -0.497 e. The third kappa shape index (κ3) is 5.56. The standard InChI is InChI=1S/C29H32N2O7S/c1-8-37-28(33)25-17(4)30-29-31(26(25)18-9-11-22(38-16(2)3)23(14-18)36-7)27(32)24(39-29)15-19-13-20(34-5)10-12-21(19)35-6/h9-16,26H,8H2,1-7H3/b24-15+/t26-/m0/s1. The van der Waals surface area contributed by atoms with E-state index in [0.717, 1.165) is 0 Å². The normalized spacial score (nSPS) is 15.1. The molecule has 9 nitrogen and oxygen atoms in total. The molecule has 1 aromatic heterocycles. The predicted octanol–water partition coefficient (Wildman–Crippen LogP) is 3.61. The molecule has 0 aliphatic carbocycles. The maximum absolute atomic E-state index is 13.9. The molecule has 206 valence electrons. The van der Waals surface area contributed by atoms with Crippen LogP contribution in [0.3, 0.4) is 0 Å². The van der Waals surface area contributed by atoms with Crippen molar-refractivity contribution in [1.82, 2.24) is 4.57 Å². The number of fused-ring (bicyclic) bond motifs is 1. The van der Waals surface area contributed by atoms with Crippen LogP contribution in [0, 0.1) is 0 Å². The molecule has 1 aliphatic heterocycles. The highest BCUT2D eigenvalue weighted by atomic mass is 32.1. The monoisotopic (exact) mass is 552 g/mol. The fourth-order valence-corrected chi connectivity index (χ4v) is 5.44. The molecular formula is C29H32N2O7S. The van der Waals surface area contributed by atoms with Gasteiger partial charge in [-0.3, -0.25) is 9.36 Å². The van der Waals surface area contributed by atoms with E-state index in [-0.39, 0.29) is 23.8 Å². The summed E-state index contributed by atoms with van der Waals surface area (Å²) in [4.78, 5) is 32.2. The van der Waals surface area contributed by atoms with E-state index in [4.69, 9.17) is 23.7 Å². The number of hydrogen-bond donors (Lipinski definition) is 0. The van der Waals surface area contributed by atoms with Gasteiger partial charge in [0.15, 0.2) is 16.3 Å². The Bertz CT molecular complexity index is 1600. The fourth-order valence-electron chi connectivity index (χ4n) is 4.41. The minimum absolute atomic E-state index is 0.0618. The van der Waals surface area contributed by atoms with Crippen molar-refractivity contribution in [2.75, 3.05) is 27.9 Å². The van der Waals surface area contributed by atoms with Gasteiger partial charge in [-0.25, -0.2) is 9.79 Å². The lowest BCUT2D eigenvalue weighted by Crippen LogP contribution is -2.40. The number of esters is 1. The van der Waals surface area contributed by atoms with E-state index in [1.807, 2.05) is 19.9 Å². The molecule has 4 rings (SSSR count). The molecule has 0 amide bonds. The molecule has 1 aliphatic rings. The van der Waals surface area contributed by atoms with Crippen LogP contribution in [0.15, 0.2) is 57.5 Å². The zero-order chi connectivity index (χ0) is 28.3. The largest absolute Gasteiger partial charge is 0.497 e. The van der Waals surface area contributed by atoms with Crippen LogP contribution in [-0.2, 0) is 9.53 Å². The van der Waals surface area contributed by atoms with Crippen molar-refractivity contribution in [3.05, 3.63) is 78.5 Å². The Morgan fingerprint density at radius 2 is 1.77 bits per heavy atom. The highest BCUT2D eigenvalue weighted by molar-refractivity contribution is 7.07. The van der Waals surface area contributed by atoms with Crippen LogP contribution in [0.5, 0.6) is 23.0 Å². The van der Waals surface area contributed by atoms with Gasteiger partial charge in [0, 0.05) is 5.56 Å². The number of nitrogens with zero attached hydrogens (tertiary/aromatic N) is 2. The van der Waals surface area contributed by atoms with Crippen LogP contribution in [0.1, 0.15) is 44.9 Å². The van der Waals surface area contributed by atoms with E-state index in [1.54, 1.807) is 71.6 Å². The minimum atomic E-state index is -0.781. The Kier molecular flexibility index (Phi) is 8.44. The molecule has 10 heteroatoms. The molecule has 0 saturated heterocycles. The second-order valence-electron chi connectivity index (χ2n) is 8.99.